The lowest BCUT2D eigenvalue weighted by molar-refractivity contribution is 1.62. The fourth-order valence-electron chi connectivity index (χ4n) is 2.46. The molecule has 3 rings (SSSR count). The van der Waals surface area contributed by atoms with E-state index < -0.39 is 8.07 Å². The lowest BCUT2D eigenvalue weighted by Gasteiger charge is -2.14. The first kappa shape index (κ1) is 9.82. The molecule has 0 radical (unpaired) electrons. The second-order valence-corrected chi connectivity index (χ2v) is 12.3. The largest absolute Gasteiger partial charge is 0.149 e. The monoisotopic (exact) mass is 250 g/mol. The first-order valence-electron chi connectivity index (χ1n) is 5.22. The Kier molecular flexibility index (Phi) is 1.86. The summed E-state index contributed by atoms with van der Waals surface area (Å²) in [5.74, 6) is 0. The molecule has 78 valence electrons. The van der Waals surface area contributed by atoms with Gasteiger partial charge in [0.2, 0.25) is 0 Å². The first-order chi connectivity index (χ1) is 7.00. The molecule has 15 heavy (non-hydrogen) atoms. The molecule has 2 aromatic rings. The van der Waals surface area contributed by atoms with Crippen molar-refractivity contribution >= 4 is 39.7 Å². The van der Waals surface area contributed by atoms with E-state index >= 15 is 0 Å². The molecule has 0 saturated heterocycles. The number of aryl methyl sites for hydroxylation is 2. The molecule has 0 aromatic carbocycles. The van der Waals surface area contributed by atoms with Crippen molar-refractivity contribution < 1.29 is 0 Å². The molecule has 0 nitrogen and oxygen atoms in total. The summed E-state index contributed by atoms with van der Waals surface area (Å²) in [6.07, 6.45) is 0. The molecule has 3 heteroatoms. The number of hydrogen-bond donors (Lipinski definition) is 0. The van der Waals surface area contributed by atoms with Crippen molar-refractivity contribution in [2.24, 2.45) is 0 Å². The Balaban J connectivity index is 2.38. The van der Waals surface area contributed by atoms with Crippen LogP contribution in [0.25, 0.3) is 11.1 Å². The molecule has 0 aliphatic carbocycles. The van der Waals surface area contributed by atoms with Gasteiger partial charge in [0.05, 0.1) is 0 Å². The summed E-state index contributed by atoms with van der Waals surface area (Å²) in [5.41, 5.74) is 3.10. The molecular formula is C12H14S2Si. The van der Waals surface area contributed by atoms with Crippen LogP contribution in [-0.4, -0.2) is 8.07 Å². The standard InChI is InChI=1S/C12H14S2Si/c1-7-5-9-10-6-8(2)14-12(10)15(3,4)11(9)13-7/h5-6H,1-4H3. The molecule has 0 fully saturated rings. The van der Waals surface area contributed by atoms with E-state index in [1.165, 1.54) is 9.75 Å². The Morgan fingerprint density at radius 3 is 1.67 bits per heavy atom. The smallest absolute Gasteiger partial charge is 0.139 e. The highest BCUT2D eigenvalue weighted by Gasteiger charge is 2.40. The maximum Gasteiger partial charge on any atom is 0.139 e. The van der Waals surface area contributed by atoms with E-state index in [-0.39, 0.29) is 0 Å². The third-order valence-corrected chi connectivity index (χ3v) is 11.3. The van der Waals surface area contributed by atoms with Crippen molar-refractivity contribution in [2.45, 2.75) is 26.9 Å². The molecule has 0 bridgehead atoms. The van der Waals surface area contributed by atoms with E-state index in [2.05, 4.69) is 39.1 Å². The summed E-state index contributed by atoms with van der Waals surface area (Å²) >= 11 is 4.04. The van der Waals surface area contributed by atoms with Crippen molar-refractivity contribution in [1.29, 1.82) is 0 Å². The second-order valence-electron chi connectivity index (χ2n) is 4.82. The quantitative estimate of drug-likeness (QED) is 0.630. The van der Waals surface area contributed by atoms with Crippen LogP contribution in [0.4, 0.5) is 0 Å². The van der Waals surface area contributed by atoms with E-state index in [1.807, 2.05) is 22.7 Å². The zero-order chi connectivity index (χ0) is 10.8. The fraction of sp³-hybridized carbons (Fsp3) is 0.333. The van der Waals surface area contributed by atoms with Crippen LogP contribution in [0, 0.1) is 13.8 Å². The molecule has 3 heterocycles. The van der Waals surface area contributed by atoms with Crippen LogP contribution < -0.4 is 9.00 Å². The fourth-order valence-corrected chi connectivity index (χ4v) is 9.80. The van der Waals surface area contributed by atoms with Crippen LogP contribution in [0.5, 0.6) is 0 Å². The third-order valence-electron chi connectivity index (χ3n) is 3.14. The van der Waals surface area contributed by atoms with Crippen LogP contribution in [0.2, 0.25) is 13.1 Å². The number of rotatable bonds is 0. The first-order valence-corrected chi connectivity index (χ1v) is 9.85. The summed E-state index contributed by atoms with van der Waals surface area (Å²) in [6.45, 7) is 9.44. The Hall–Kier alpha value is -0.383. The van der Waals surface area contributed by atoms with E-state index in [0.717, 1.165) is 0 Å². The van der Waals surface area contributed by atoms with Gasteiger partial charge in [-0.1, -0.05) is 13.1 Å². The van der Waals surface area contributed by atoms with Crippen LogP contribution in [0.3, 0.4) is 0 Å². The highest BCUT2D eigenvalue weighted by Crippen LogP contribution is 2.36. The molecule has 0 atom stereocenters. The molecule has 1 aliphatic rings. The van der Waals surface area contributed by atoms with Crippen molar-refractivity contribution in [3.63, 3.8) is 0 Å². The minimum Gasteiger partial charge on any atom is -0.149 e. The average Bonchev–Trinajstić information content (AvgIpc) is 2.72. The van der Waals surface area contributed by atoms with Crippen molar-refractivity contribution in [3.8, 4) is 11.1 Å². The van der Waals surface area contributed by atoms with Crippen LogP contribution in [0.1, 0.15) is 9.75 Å². The predicted octanol–water partition coefficient (Wildman–Crippen LogP) is 3.23. The van der Waals surface area contributed by atoms with Gasteiger partial charge in [-0.05, 0) is 37.1 Å². The van der Waals surface area contributed by atoms with Gasteiger partial charge in [0, 0.05) is 18.8 Å². The van der Waals surface area contributed by atoms with Crippen LogP contribution >= 0.6 is 22.7 Å². The number of fused-ring (bicyclic) bond motifs is 3. The maximum absolute atomic E-state index is 2.49. The highest BCUT2D eigenvalue weighted by molar-refractivity contribution is 7.39. The molecule has 1 aliphatic heterocycles. The molecule has 0 N–H and O–H groups in total. The average molecular weight is 250 g/mol. The lowest BCUT2D eigenvalue weighted by atomic mass is 10.2. The van der Waals surface area contributed by atoms with Crippen LogP contribution in [0.15, 0.2) is 12.1 Å². The summed E-state index contributed by atoms with van der Waals surface area (Å²) in [6, 6.07) is 4.76. The van der Waals surface area contributed by atoms with E-state index in [1.54, 1.807) is 20.1 Å². The Bertz CT molecular complexity index is 498. The summed E-state index contributed by atoms with van der Waals surface area (Å²) in [5, 5.41) is 0. The van der Waals surface area contributed by atoms with Gasteiger partial charge >= 0.3 is 0 Å². The SMILES string of the molecule is Cc1cc2c(s1)[Si](C)(C)c1sc(C)cc1-2. The number of thiophene rings is 2. The normalized spacial score (nSPS) is 16.5. The maximum atomic E-state index is 2.49. The molecule has 0 spiro atoms. The van der Waals surface area contributed by atoms with Gasteiger partial charge in [0.15, 0.2) is 0 Å². The van der Waals surface area contributed by atoms with E-state index in [4.69, 9.17) is 0 Å². The summed E-state index contributed by atoms with van der Waals surface area (Å²) < 4.78 is 3.39. The highest BCUT2D eigenvalue weighted by atomic mass is 32.1. The third kappa shape index (κ3) is 1.17. The lowest BCUT2D eigenvalue weighted by Crippen LogP contribution is -2.46. The number of hydrogen-bond acceptors (Lipinski definition) is 2. The molecule has 0 unspecified atom stereocenters. The molecule has 0 amide bonds. The minimum absolute atomic E-state index is 1.30. The van der Waals surface area contributed by atoms with Gasteiger partial charge < -0.3 is 0 Å². The molecule has 0 saturated carbocycles. The van der Waals surface area contributed by atoms with E-state index in [9.17, 15) is 0 Å². The van der Waals surface area contributed by atoms with Gasteiger partial charge in [-0.15, -0.1) is 22.7 Å². The van der Waals surface area contributed by atoms with E-state index in [0.29, 0.717) is 0 Å². The Morgan fingerprint density at radius 1 is 0.867 bits per heavy atom. The van der Waals surface area contributed by atoms with Gasteiger partial charge in [-0.3, -0.25) is 0 Å². The van der Waals surface area contributed by atoms with Crippen molar-refractivity contribution in [3.05, 3.63) is 21.9 Å². The zero-order valence-corrected chi connectivity index (χ0v) is 12.1. The minimum atomic E-state index is -1.30. The topological polar surface area (TPSA) is 0 Å². The summed E-state index contributed by atoms with van der Waals surface area (Å²) in [4.78, 5) is 2.94. The molecule has 2 aromatic heterocycles. The predicted molar refractivity (Wildman–Crippen MR) is 73.9 cm³/mol. The second kappa shape index (κ2) is 2.84. The summed E-state index contributed by atoms with van der Waals surface area (Å²) in [7, 11) is -1.30. The van der Waals surface area contributed by atoms with Crippen molar-refractivity contribution in [2.75, 3.05) is 0 Å². The van der Waals surface area contributed by atoms with Crippen LogP contribution in [-0.2, 0) is 0 Å². The molecular weight excluding hydrogens is 236 g/mol. The van der Waals surface area contributed by atoms with Gasteiger partial charge in [-0.2, -0.15) is 0 Å². The Morgan fingerprint density at radius 2 is 1.27 bits per heavy atom. The Labute approximate surface area is 99.6 Å². The zero-order valence-electron chi connectivity index (χ0n) is 9.47. The van der Waals surface area contributed by atoms with Gasteiger partial charge in [-0.25, -0.2) is 0 Å². The van der Waals surface area contributed by atoms with Crippen molar-refractivity contribution in [1.82, 2.24) is 0 Å². The van der Waals surface area contributed by atoms with Gasteiger partial charge in [0.1, 0.15) is 8.07 Å². The van der Waals surface area contributed by atoms with Gasteiger partial charge in [0.25, 0.3) is 0 Å².